The summed E-state index contributed by atoms with van der Waals surface area (Å²) in [5.74, 6) is 1.68. The first-order valence-corrected chi connectivity index (χ1v) is 7.31. The smallest absolute Gasteiger partial charge is 0.120 e. The number of alkyl halides is 1. The highest BCUT2D eigenvalue weighted by Crippen LogP contribution is 2.17. The Bertz CT molecular complexity index is 309. The zero-order chi connectivity index (χ0) is 12.3. The van der Waals surface area contributed by atoms with Gasteiger partial charge in [-0.2, -0.15) is 0 Å². The number of hydrogen-bond acceptors (Lipinski definition) is 2. The molecular weight excluding hydrogens is 302 g/mol. The minimum absolute atomic E-state index is 0.700. The van der Waals surface area contributed by atoms with Crippen LogP contribution < -0.4 is 10.1 Å². The van der Waals surface area contributed by atoms with Crippen molar-refractivity contribution < 1.29 is 4.74 Å². The largest absolute Gasteiger partial charge is 0.492 e. The van der Waals surface area contributed by atoms with E-state index in [2.05, 4.69) is 21.2 Å². The van der Waals surface area contributed by atoms with E-state index in [-0.39, 0.29) is 0 Å². The standard InChI is InChI=1S/C13H19BrClNO/c14-12-5-4-6-13(11-12)17-10-9-16-8-3-1-2-7-15/h4-6,11,16H,1-3,7-10H2. The maximum atomic E-state index is 5.60. The van der Waals surface area contributed by atoms with Crippen molar-refractivity contribution in [3.8, 4) is 5.75 Å². The number of unbranched alkanes of at least 4 members (excludes halogenated alkanes) is 2. The van der Waals surface area contributed by atoms with Crippen LogP contribution in [-0.4, -0.2) is 25.6 Å². The second-order valence-corrected chi connectivity index (χ2v) is 5.10. The van der Waals surface area contributed by atoms with Crippen LogP contribution in [0.1, 0.15) is 19.3 Å². The summed E-state index contributed by atoms with van der Waals surface area (Å²) < 4.78 is 6.65. The van der Waals surface area contributed by atoms with Crippen molar-refractivity contribution in [3.63, 3.8) is 0 Å². The third-order valence-corrected chi connectivity index (χ3v) is 3.09. The molecule has 0 spiro atoms. The number of ether oxygens (including phenoxy) is 1. The first-order chi connectivity index (χ1) is 8.33. The van der Waals surface area contributed by atoms with Crippen LogP contribution in [0.2, 0.25) is 0 Å². The molecule has 0 saturated carbocycles. The lowest BCUT2D eigenvalue weighted by molar-refractivity contribution is 0.313. The molecule has 0 aromatic heterocycles. The van der Waals surface area contributed by atoms with Gasteiger partial charge in [-0.15, -0.1) is 11.6 Å². The molecule has 96 valence electrons. The maximum absolute atomic E-state index is 5.60. The van der Waals surface area contributed by atoms with Crippen LogP contribution in [0.15, 0.2) is 28.7 Å². The first-order valence-electron chi connectivity index (χ1n) is 5.98. The third-order valence-electron chi connectivity index (χ3n) is 2.33. The molecule has 1 rings (SSSR count). The van der Waals surface area contributed by atoms with Gasteiger partial charge in [0.2, 0.25) is 0 Å². The molecule has 1 aromatic rings. The minimum atomic E-state index is 0.700. The number of nitrogens with one attached hydrogen (secondary N) is 1. The monoisotopic (exact) mass is 319 g/mol. The van der Waals surface area contributed by atoms with Gasteiger partial charge in [0.15, 0.2) is 0 Å². The number of benzene rings is 1. The van der Waals surface area contributed by atoms with E-state index >= 15 is 0 Å². The van der Waals surface area contributed by atoms with Gasteiger partial charge >= 0.3 is 0 Å². The quantitative estimate of drug-likeness (QED) is 0.551. The van der Waals surface area contributed by atoms with E-state index in [0.29, 0.717) is 6.61 Å². The lowest BCUT2D eigenvalue weighted by Gasteiger charge is -2.07. The van der Waals surface area contributed by atoms with Gasteiger partial charge in [0.05, 0.1) is 0 Å². The van der Waals surface area contributed by atoms with Gasteiger partial charge in [0.25, 0.3) is 0 Å². The fourth-order valence-electron chi connectivity index (χ4n) is 1.44. The maximum Gasteiger partial charge on any atom is 0.120 e. The number of hydrogen-bond donors (Lipinski definition) is 1. The Labute approximate surface area is 117 Å². The van der Waals surface area contributed by atoms with E-state index in [4.69, 9.17) is 16.3 Å². The fraction of sp³-hybridized carbons (Fsp3) is 0.538. The van der Waals surface area contributed by atoms with Crippen LogP contribution in [0.3, 0.4) is 0 Å². The van der Waals surface area contributed by atoms with Gasteiger partial charge in [-0.1, -0.05) is 28.4 Å². The van der Waals surface area contributed by atoms with Crippen molar-refractivity contribution in [1.82, 2.24) is 5.32 Å². The Kier molecular flexibility index (Phi) is 8.49. The van der Waals surface area contributed by atoms with Gasteiger partial charge in [0.1, 0.15) is 12.4 Å². The second-order valence-electron chi connectivity index (χ2n) is 3.81. The summed E-state index contributed by atoms with van der Waals surface area (Å²) >= 11 is 9.01. The average molecular weight is 321 g/mol. The molecule has 1 N–H and O–H groups in total. The van der Waals surface area contributed by atoms with E-state index in [1.165, 1.54) is 12.8 Å². The van der Waals surface area contributed by atoms with Gasteiger partial charge in [-0.05, 0) is 37.6 Å². The molecule has 4 heteroatoms. The molecule has 17 heavy (non-hydrogen) atoms. The highest BCUT2D eigenvalue weighted by atomic mass is 79.9. The lowest BCUT2D eigenvalue weighted by atomic mass is 10.2. The molecule has 0 aliphatic carbocycles. The summed E-state index contributed by atoms with van der Waals surface area (Å²) in [6, 6.07) is 7.90. The molecule has 0 atom stereocenters. The summed E-state index contributed by atoms with van der Waals surface area (Å²) in [5, 5.41) is 3.35. The molecule has 0 fully saturated rings. The fourth-order valence-corrected chi connectivity index (χ4v) is 2.01. The van der Waals surface area contributed by atoms with Crippen molar-refractivity contribution in [3.05, 3.63) is 28.7 Å². The highest BCUT2D eigenvalue weighted by molar-refractivity contribution is 9.10. The van der Waals surface area contributed by atoms with Crippen LogP contribution in [0.25, 0.3) is 0 Å². The zero-order valence-electron chi connectivity index (χ0n) is 9.92. The molecule has 0 unspecified atom stereocenters. The molecule has 1 aromatic carbocycles. The summed E-state index contributed by atoms with van der Waals surface area (Å²) in [5.41, 5.74) is 0. The summed E-state index contributed by atoms with van der Waals surface area (Å²) in [7, 11) is 0. The topological polar surface area (TPSA) is 21.3 Å². The minimum Gasteiger partial charge on any atom is -0.492 e. The van der Waals surface area contributed by atoms with E-state index in [1.807, 2.05) is 24.3 Å². The van der Waals surface area contributed by atoms with Gasteiger partial charge in [-0.3, -0.25) is 0 Å². The van der Waals surface area contributed by atoms with Crippen molar-refractivity contribution in [1.29, 1.82) is 0 Å². The Morgan fingerprint density at radius 3 is 2.82 bits per heavy atom. The summed E-state index contributed by atoms with van der Waals surface area (Å²) in [6.07, 6.45) is 3.49. The number of rotatable bonds is 9. The molecule has 0 heterocycles. The molecule has 0 aliphatic rings. The van der Waals surface area contributed by atoms with E-state index < -0.39 is 0 Å². The summed E-state index contributed by atoms with van der Waals surface area (Å²) in [4.78, 5) is 0. The molecule has 0 amide bonds. The van der Waals surface area contributed by atoms with E-state index in [0.717, 1.165) is 35.6 Å². The first kappa shape index (κ1) is 14.8. The predicted molar refractivity (Wildman–Crippen MR) is 77.1 cm³/mol. The normalized spacial score (nSPS) is 10.5. The molecule has 0 saturated heterocycles. The van der Waals surface area contributed by atoms with E-state index in [1.54, 1.807) is 0 Å². The lowest BCUT2D eigenvalue weighted by Crippen LogP contribution is -2.22. The van der Waals surface area contributed by atoms with Crippen molar-refractivity contribution >= 4 is 27.5 Å². The van der Waals surface area contributed by atoms with Gasteiger partial charge < -0.3 is 10.1 Å². The Hall–Kier alpha value is -0.250. The Morgan fingerprint density at radius 1 is 1.18 bits per heavy atom. The zero-order valence-corrected chi connectivity index (χ0v) is 12.3. The summed E-state index contributed by atoms with van der Waals surface area (Å²) in [6.45, 7) is 2.62. The van der Waals surface area contributed by atoms with Crippen molar-refractivity contribution in [2.75, 3.05) is 25.6 Å². The van der Waals surface area contributed by atoms with Gasteiger partial charge in [-0.25, -0.2) is 0 Å². The van der Waals surface area contributed by atoms with Crippen LogP contribution in [0.5, 0.6) is 5.75 Å². The average Bonchev–Trinajstić information content (AvgIpc) is 2.33. The van der Waals surface area contributed by atoms with Crippen LogP contribution >= 0.6 is 27.5 Å². The molecule has 0 aliphatic heterocycles. The van der Waals surface area contributed by atoms with Crippen molar-refractivity contribution in [2.24, 2.45) is 0 Å². The Balaban J connectivity index is 1.97. The predicted octanol–water partition coefficient (Wildman–Crippen LogP) is 3.83. The van der Waals surface area contributed by atoms with Crippen LogP contribution in [-0.2, 0) is 0 Å². The second kappa shape index (κ2) is 9.75. The Morgan fingerprint density at radius 2 is 2.06 bits per heavy atom. The van der Waals surface area contributed by atoms with Gasteiger partial charge in [0, 0.05) is 16.9 Å². The van der Waals surface area contributed by atoms with Crippen LogP contribution in [0.4, 0.5) is 0 Å². The SMILES string of the molecule is ClCCCCCNCCOc1cccc(Br)c1. The molecule has 0 bridgehead atoms. The molecule has 0 radical (unpaired) electrons. The molecule has 2 nitrogen and oxygen atoms in total. The van der Waals surface area contributed by atoms with Crippen LogP contribution in [0, 0.1) is 0 Å². The highest BCUT2D eigenvalue weighted by Gasteiger charge is 1.94. The third kappa shape index (κ3) is 7.63. The van der Waals surface area contributed by atoms with Crippen molar-refractivity contribution in [2.45, 2.75) is 19.3 Å². The number of halogens is 2. The molecular formula is C13H19BrClNO. The van der Waals surface area contributed by atoms with E-state index in [9.17, 15) is 0 Å².